The molecule has 0 aliphatic carbocycles. The lowest BCUT2D eigenvalue weighted by molar-refractivity contribution is 0.174. The molecular formula is C19H20N2O3. The Balaban J connectivity index is 1.41. The third kappa shape index (κ3) is 2.89. The number of carbonyl (C=O) groups excluding carboxylic acids is 1. The molecule has 0 spiro atoms. The van der Waals surface area contributed by atoms with Crippen molar-refractivity contribution in [1.82, 2.24) is 4.90 Å². The van der Waals surface area contributed by atoms with E-state index < -0.39 is 0 Å². The minimum Gasteiger partial charge on any atom is -0.454 e. The third-order valence-electron chi connectivity index (χ3n) is 4.61. The maximum Gasteiger partial charge on any atom is 0.321 e. The predicted octanol–water partition coefficient (Wildman–Crippen LogP) is 3.75. The lowest BCUT2D eigenvalue weighted by atomic mass is 9.98. The number of likely N-dealkylation sites (tertiary alicyclic amines) is 1. The van der Waals surface area contributed by atoms with Crippen molar-refractivity contribution in [1.29, 1.82) is 0 Å². The van der Waals surface area contributed by atoms with Gasteiger partial charge in [0.2, 0.25) is 6.79 Å². The van der Waals surface area contributed by atoms with Crippen molar-refractivity contribution in [2.45, 2.75) is 19.3 Å². The van der Waals surface area contributed by atoms with Gasteiger partial charge in [0, 0.05) is 24.7 Å². The highest BCUT2D eigenvalue weighted by atomic mass is 16.7. The van der Waals surface area contributed by atoms with Crippen LogP contribution < -0.4 is 14.8 Å². The van der Waals surface area contributed by atoms with E-state index in [1.165, 1.54) is 5.56 Å². The topological polar surface area (TPSA) is 50.8 Å². The molecule has 1 unspecified atom stereocenters. The molecule has 4 rings (SSSR count). The SMILES string of the molecule is Cc1cccc(NC(=O)N2CCC(c3ccc4c(c3)OCO4)C2)c1. The zero-order valence-corrected chi connectivity index (χ0v) is 13.6. The van der Waals surface area contributed by atoms with Crippen molar-refractivity contribution >= 4 is 11.7 Å². The van der Waals surface area contributed by atoms with Gasteiger partial charge in [-0.1, -0.05) is 18.2 Å². The van der Waals surface area contributed by atoms with Gasteiger partial charge in [-0.15, -0.1) is 0 Å². The Kier molecular flexibility index (Phi) is 3.76. The van der Waals surface area contributed by atoms with Crippen LogP contribution in [-0.2, 0) is 0 Å². The quantitative estimate of drug-likeness (QED) is 0.915. The van der Waals surface area contributed by atoms with Crippen LogP contribution in [0.25, 0.3) is 0 Å². The lowest BCUT2D eigenvalue weighted by Gasteiger charge is -2.18. The summed E-state index contributed by atoms with van der Waals surface area (Å²) < 4.78 is 10.8. The number of rotatable bonds is 2. The van der Waals surface area contributed by atoms with E-state index in [1.54, 1.807) is 0 Å². The average Bonchev–Trinajstić information content (AvgIpc) is 3.23. The summed E-state index contributed by atoms with van der Waals surface area (Å²) in [4.78, 5) is 14.3. The molecule has 1 N–H and O–H groups in total. The Morgan fingerprint density at radius 3 is 2.92 bits per heavy atom. The molecule has 5 heteroatoms. The Bertz CT molecular complexity index is 775. The number of aryl methyl sites for hydroxylation is 1. The summed E-state index contributed by atoms with van der Waals surface area (Å²) >= 11 is 0. The van der Waals surface area contributed by atoms with E-state index in [9.17, 15) is 4.79 Å². The van der Waals surface area contributed by atoms with E-state index in [2.05, 4.69) is 11.4 Å². The third-order valence-corrected chi connectivity index (χ3v) is 4.61. The molecule has 0 aromatic heterocycles. The number of fused-ring (bicyclic) bond motifs is 1. The fourth-order valence-corrected chi connectivity index (χ4v) is 3.31. The number of anilines is 1. The van der Waals surface area contributed by atoms with E-state index >= 15 is 0 Å². The molecule has 1 atom stereocenters. The van der Waals surface area contributed by atoms with Crippen LogP contribution in [0.1, 0.15) is 23.5 Å². The van der Waals surface area contributed by atoms with Crippen LogP contribution >= 0.6 is 0 Å². The monoisotopic (exact) mass is 324 g/mol. The van der Waals surface area contributed by atoms with Crippen molar-refractivity contribution in [3.8, 4) is 11.5 Å². The van der Waals surface area contributed by atoms with E-state index in [-0.39, 0.29) is 12.8 Å². The van der Waals surface area contributed by atoms with Gasteiger partial charge in [0.05, 0.1) is 0 Å². The second-order valence-electron chi connectivity index (χ2n) is 6.34. The average molecular weight is 324 g/mol. The number of hydrogen-bond donors (Lipinski definition) is 1. The molecule has 2 aromatic carbocycles. The molecule has 2 aromatic rings. The van der Waals surface area contributed by atoms with Gasteiger partial charge in [-0.25, -0.2) is 4.79 Å². The molecule has 0 radical (unpaired) electrons. The number of ether oxygens (including phenoxy) is 2. The molecule has 0 saturated carbocycles. The minimum atomic E-state index is -0.0381. The van der Waals surface area contributed by atoms with Crippen LogP contribution in [0.15, 0.2) is 42.5 Å². The molecule has 1 fully saturated rings. The highest BCUT2D eigenvalue weighted by Crippen LogP contribution is 2.37. The number of amides is 2. The highest BCUT2D eigenvalue weighted by Gasteiger charge is 2.28. The first-order chi connectivity index (χ1) is 11.7. The van der Waals surface area contributed by atoms with Crippen molar-refractivity contribution < 1.29 is 14.3 Å². The normalized spacial score (nSPS) is 18.7. The van der Waals surface area contributed by atoms with Crippen LogP contribution in [0, 0.1) is 6.92 Å². The standard InChI is InChI=1S/C19H20N2O3/c1-13-3-2-4-16(9-13)20-19(22)21-8-7-15(11-21)14-5-6-17-18(10-14)24-12-23-17/h2-6,9-10,15H,7-8,11-12H2,1H3,(H,20,22). The number of hydrogen-bond acceptors (Lipinski definition) is 3. The summed E-state index contributed by atoms with van der Waals surface area (Å²) in [5.41, 5.74) is 3.17. The Labute approximate surface area is 141 Å². The number of urea groups is 1. The van der Waals surface area contributed by atoms with Crippen molar-refractivity contribution in [3.63, 3.8) is 0 Å². The van der Waals surface area contributed by atoms with Gasteiger partial charge >= 0.3 is 6.03 Å². The first-order valence-electron chi connectivity index (χ1n) is 8.21. The molecular weight excluding hydrogens is 304 g/mol. The van der Waals surface area contributed by atoms with E-state index in [0.29, 0.717) is 5.92 Å². The molecule has 24 heavy (non-hydrogen) atoms. The number of carbonyl (C=O) groups is 1. The molecule has 2 amide bonds. The second kappa shape index (κ2) is 6.07. The van der Waals surface area contributed by atoms with Crippen LogP contribution in [0.2, 0.25) is 0 Å². The van der Waals surface area contributed by atoms with Crippen molar-refractivity contribution in [2.24, 2.45) is 0 Å². The zero-order chi connectivity index (χ0) is 16.5. The molecule has 0 bridgehead atoms. The van der Waals surface area contributed by atoms with Gasteiger partial charge in [-0.2, -0.15) is 0 Å². The van der Waals surface area contributed by atoms with Gasteiger partial charge in [0.25, 0.3) is 0 Å². The molecule has 2 aliphatic heterocycles. The second-order valence-corrected chi connectivity index (χ2v) is 6.34. The summed E-state index contributed by atoms with van der Waals surface area (Å²) in [7, 11) is 0. The van der Waals surface area contributed by atoms with Crippen LogP contribution in [-0.4, -0.2) is 30.8 Å². The van der Waals surface area contributed by atoms with E-state index in [0.717, 1.165) is 42.3 Å². The smallest absolute Gasteiger partial charge is 0.321 e. The summed E-state index contributed by atoms with van der Waals surface area (Å²) in [6.45, 7) is 3.78. The Morgan fingerprint density at radius 2 is 2.04 bits per heavy atom. The summed E-state index contributed by atoms with van der Waals surface area (Å²) in [5.74, 6) is 1.93. The highest BCUT2D eigenvalue weighted by molar-refractivity contribution is 5.89. The maximum atomic E-state index is 12.5. The fourth-order valence-electron chi connectivity index (χ4n) is 3.31. The molecule has 5 nitrogen and oxygen atoms in total. The Morgan fingerprint density at radius 1 is 1.17 bits per heavy atom. The maximum absolute atomic E-state index is 12.5. The lowest BCUT2D eigenvalue weighted by Crippen LogP contribution is -2.32. The largest absolute Gasteiger partial charge is 0.454 e. The zero-order valence-electron chi connectivity index (χ0n) is 13.6. The first-order valence-corrected chi connectivity index (χ1v) is 8.21. The minimum absolute atomic E-state index is 0.0381. The molecule has 124 valence electrons. The van der Waals surface area contributed by atoms with Gasteiger partial charge in [0.15, 0.2) is 11.5 Å². The van der Waals surface area contributed by atoms with Gasteiger partial charge < -0.3 is 19.7 Å². The van der Waals surface area contributed by atoms with Crippen LogP contribution in [0.5, 0.6) is 11.5 Å². The van der Waals surface area contributed by atoms with Crippen molar-refractivity contribution in [2.75, 3.05) is 25.2 Å². The van der Waals surface area contributed by atoms with Crippen molar-refractivity contribution in [3.05, 3.63) is 53.6 Å². The number of nitrogens with one attached hydrogen (secondary N) is 1. The van der Waals surface area contributed by atoms with Crippen LogP contribution in [0.3, 0.4) is 0 Å². The van der Waals surface area contributed by atoms with Gasteiger partial charge in [0.1, 0.15) is 0 Å². The van der Waals surface area contributed by atoms with E-state index in [1.807, 2.05) is 48.2 Å². The van der Waals surface area contributed by atoms with Gasteiger partial charge in [-0.3, -0.25) is 0 Å². The molecule has 2 aliphatic rings. The molecule has 2 heterocycles. The Hall–Kier alpha value is -2.69. The van der Waals surface area contributed by atoms with Crippen LogP contribution in [0.4, 0.5) is 10.5 Å². The van der Waals surface area contributed by atoms with E-state index in [4.69, 9.17) is 9.47 Å². The fraction of sp³-hybridized carbons (Fsp3) is 0.316. The predicted molar refractivity (Wildman–Crippen MR) is 91.7 cm³/mol. The molecule has 1 saturated heterocycles. The number of benzene rings is 2. The number of nitrogens with zero attached hydrogens (tertiary/aromatic N) is 1. The van der Waals surface area contributed by atoms with Gasteiger partial charge in [-0.05, 0) is 48.7 Å². The summed E-state index contributed by atoms with van der Waals surface area (Å²) in [6.07, 6.45) is 0.959. The summed E-state index contributed by atoms with van der Waals surface area (Å²) in [5, 5.41) is 2.98. The first kappa shape index (κ1) is 14.9. The summed E-state index contributed by atoms with van der Waals surface area (Å²) in [6, 6.07) is 13.9.